The van der Waals surface area contributed by atoms with Crippen LogP contribution in [0.25, 0.3) is 21.2 Å². The number of halogens is 2. The van der Waals surface area contributed by atoms with Gasteiger partial charge in [-0.3, -0.25) is 0 Å². The molecule has 0 fully saturated rings. The number of anilines is 2. The van der Waals surface area contributed by atoms with E-state index >= 15 is 0 Å². The first-order valence-corrected chi connectivity index (χ1v) is 8.91. The van der Waals surface area contributed by atoms with Crippen molar-refractivity contribution in [2.75, 3.05) is 5.32 Å². The van der Waals surface area contributed by atoms with Gasteiger partial charge in [0.25, 0.3) is 0 Å². The van der Waals surface area contributed by atoms with E-state index in [1.165, 1.54) is 11.5 Å². The largest absolute Gasteiger partial charge is 0.338 e. The third-order valence-electron chi connectivity index (χ3n) is 3.77. The minimum absolute atomic E-state index is 0.673. The number of nitrogens with one attached hydrogen (secondary N) is 1. The van der Waals surface area contributed by atoms with Gasteiger partial charge in [0.05, 0.1) is 15.4 Å². The molecule has 0 aliphatic carbocycles. The molecule has 0 amide bonds. The molecule has 0 aliphatic heterocycles. The van der Waals surface area contributed by atoms with Crippen LogP contribution in [0.15, 0.2) is 66.7 Å². The average molecular weight is 371 g/mol. The van der Waals surface area contributed by atoms with Crippen LogP contribution in [-0.2, 0) is 0 Å². The molecule has 0 bridgehead atoms. The lowest BCUT2D eigenvalue weighted by Crippen LogP contribution is -1.93. The Labute approximate surface area is 153 Å². The summed E-state index contributed by atoms with van der Waals surface area (Å²) in [4.78, 5) is 0. The third-order valence-corrected chi connectivity index (χ3v) is 5.24. The lowest BCUT2D eigenvalue weighted by atomic mass is 10.1. The zero-order valence-electron chi connectivity index (χ0n) is 12.5. The standard InChI is InChI=1S/C19H12Cl2N2S/c20-13-9-10-17-15(11-13)19(23-24-17)22-16-8-4-7-14(18(16)21)12-5-2-1-3-6-12/h1-11H,(H,22,23). The second-order valence-corrected chi connectivity index (χ2v) is 6.95. The molecule has 0 spiro atoms. The van der Waals surface area contributed by atoms with Crippen molar-refractivity contribution in [1.29, 1.82) is 0 Å². The van der Waals surface area contributed by atoms with Gasteiger partial charge in [-0.05, 0) is 41.4 Å². The molecule has 4 aromatic rings. The van der Waals surface area contributed by atoms with Gasteiger partial charge in [0.2, 0.25) is 0 Å². The van der Waals surface area contributed by atoms with Crippen LogP contribution in [0.2, 0.25) is 10.0 Å². The Bertz CT molecular complexity index is 1010. The molecule has 118 valence electrons. The molecule has 24 heavy (non-hydrogen) atoms. The molecule has 0 saturated heterocycles. The summed E-state index contributed by atoms with van der Waals surface area (Å²) < 4.78 is 5.57. The van der Waals surface area contributed by atoms with E-state index in [-0.39, 0.29) is 0 Å². The van der Waals surface area contributed by atoms with E-state index in [4.69, 9.17) is 23.2 Å². The fourth-order valence-electron chi connectivity index (χ4n) is 2.60. The molecule has 0 aliphatic rings. The maximum atomic E-state index is 6.63. The fraction of sp³-hybridized carbons (Fsp3) is 0. The van der Waals surface area contributed by atoms with Gasteiger partial charge in [-0.15, -0.1) is 0 Å². The highest BCUT2D eigenvalue weighted by molar-refractivity contribution is 7.13. The highest BCUT2D eigenvalue weighted by Crippen LogP contribution is 2.37. The number of fused-ring (bicyclic) bond motifs is 1. The van der Waals surface area contributed by atoms with Crippen LogP contribution >= 0.6 is 34.7 Å². The minimum Gasteiger partial charge on any atom is -0.338 e. The van der Waals surface area contributed by atoms with Gasteiger partial charge in [0.15, 0.2) is 5.82 Å². The van der Waals surface area contributed by atoms with Gasteiger partial charge < -0.3 is 5.32 Å². The number of nitrogens with zero attached hydrogens (tertiary/aromatic N) is 1. The highest BCUT2D eigenvalue weighted by atomic mass is 35.5. The van der Waals surface area contributed by atoms with Gasteiger partial charge in [-0.25, -0.2) is 0 Å². The molecule has 2 nitrogen and oxygen atoms in total. The summed E-state index contributed by atoms with van der Waals surface area (Å²) in [5, 5.41) is 5.70. The number of hydrogen-bond donors (Lipinski definition) is 1. The molecular weight excluding hydrogens is 359 g/mol. The lowest BCUT2D eigenvalue weighted by Gasteiger charge is -2.11. The zero-order valence-corrected chi connectivity index (χ0v) is 14.8. The summed E-state index contributed by atoms with van der Waals surface area (Å²) in [6, 6.07) is 21.8. The second kappa shape index (κ2) is 6.44. The summed E-state index contributed by atoms with van der Waals surface area (Å²) in [5.41, 5.74) is 2.89. The Balaban J connectivity index is 1.76. The van der Waals surface area contributed by atoms with E-state index in [9.17, 15) is 0 Å². The molecule has 1 N–H and O–H groups in total. The summed E-state index contributed by atoms with van der Waals surface area (Å²) in [6.45, 7) is 0. The molecule has 0 radical (unpaired) electrons. The summed E-state index contributed by atoms with van der Waals surface area (Å²) in [5.74, 6) is 0.768. The van der Waals surface area contributed by atoms with Crippen LogP contribution in [0.3, 0.4) is 0 Å². The van der Waals surface area contributed by atoms with Crippen LogP contribution < -0.4 is 5.32 Å². The van der Waals surface area contributed by atoms with Crippen LogP contribution in [0.4, 0.5) is 11.5 Å². The molecule has 4 rings (SSSR count). The Hall–Kier alpha value is -2.07. The maximum absolute atomic E-state index is 6.63. The fourth-order valence-corrected chi connectivity index (χ4v) is 3.77. The Morgan fingerprint density at radius 3 is 2.54 bits per heavy atom. The average Bonchev–Trinajstić information content (AvgIpc) is 3.00. The molecular formula is C19H12Cl2N2S. The molecule has 0 atom stereocenters. The van der Waals surface area contributed by atoms with Crippen molar-refractivity contribution in [2.45, 2.75) is 0 Å². The van der Waals surface area contributed by atoms with Crippen molar-refractivity contribution in [3.8, 4) is 11.1 Å². The van der Waals surface area contributed by atoms with E-state index in [1.807, 2.05) is 66.7 Å². The van der Waals surface area contributed by atoms with Crippen LogP contribution in [0.1, 0.15) is 0 Å². The second-order valence-electron chi connectivity index (χ2n) is 5.33. The van der Waals surface area contributed by atoms with E-state index in [0.717, 1.165) is 32.7 Å². The van der Waals surface area contributed by atoms with Crippen LogP contribution in [0.5, 0.6) is 0 Å². The smallest absolute Gasteiger partial charge is 0.152 e. The lowest BCUT2D eigenvalue weighted by molar-refractivity contribution is 1.48. The van der Waals surface area contributed by atoms with Crippen molar-refractivity contribution in [1.82, 2.24) is 4.37 Å². The SMILES string of the molecule is Clc1ccc2snc(Nc3cccc(-c4ccccc4)c3Cl)c2c1. The molecule has 0 unspecified atom stereocenters. The number of hydrogen-bond acceptors (Lipinski definition) is 3. The van der Waals surface area contributed by atoms with E-state index in [0.29, 0.717) is 10.0 Å². The molecule has 1 aromatic heterocycles. The number of rotatable bonds is 3. The van der Waals surface area contributed by atoms with E-state index < -0.39 is 0 Å². The van der Waals surface area contributed by atoms with Gasteiger partial charge >= 0.3 is 0 Å². The van der Waals surface area contributed by atoms with Crippen molar-refractivity contribution >= 4 is 56.3 Å². The Morgan fingerprint density at radius 1 is 0.875 bits per heavy atom. The minimum atomic E-state index is 0.673. The van der Waals surface area contributed by atoms with Crippen LogP contribution in [-0.4, -0.2) is 4.37 Å². The summed E-state index contributed by atoms with van der Waals surface area (Å²) in [6.07, 6.45) is 0. The molecule has 5 heteroatoms. The highest BCUT2D eigenvalue weighted by Gasteiger charge is 2.12. The molecule has 1 heterocycles. The Morgan fingerprint density at radius 2 is 1.71 bits per heavy atom. The summed E-state index contributed by atoms with van der Waals surface area (Å²) >= 11 is 14.2. The monoisotopic (exact) mass is 370 g/mol. The van der Waals surface area contributed by atoms with Gasteiger partial charge in [0.1, 0.15) is 0 Å². The first-order valence-electron chi connectivity index (χ1n) is 7.38. The van der Waals surface area contributed by atoms with Crippen molar-refractivity contribution < 1.29 is 0 Å². The third kappa shape index (κ3) is 2.86. The Kier molecular flexibility index (Phi) is 4.15. The van der Waals surface area contributed by atoms with Crippen LogP contribution in [0, 0.1) is 0 Å². The first-order chi connectivity index (χ1) is 11.7. The molecule has 3 aromatic carbocycles. The number of benzene rings is 3. The quantitative estimate of drug-likeness (QED) is 0.419. The van der Waals surface area contributed by atoms with Crippen molar-refractivity contribution in [3.05, 3.63) is 76.8 Å². The van der Waals surface area contributed by atoms with Crippen molar-refractivity contribution in [2.24, 2.45) is 0 Å². The predicted octanol–water partition coefficient (Wildman–Crippen LogP) is 7.01. The van der Waals surface area contributed by atoms with E-state index in [1.54, 1.807) is 0 Å². The predicted molar refractivity (Wildman–Crippen MR) is 105 cm³/mol. The van der Waals surface area contributed by atoms with Crippen molar-refractivity contribution in [3.63, 3.8) is 0 Å². The van der Waals surface area contributed by atoms with Gasteiger partial charge in [-0.1, -0.05) is 65.7 Å². The molecule has 0 saturated carbocycles. The first kappa shape index (κ1) is 15.5. The maximum Gasteiger partial charge on any atom is 0.152 e. The normalized spacial score (nSPS) is 10.9. The van der Waals surface area contributed by atoms with Gasteiger partial charge in [-0.2, -0.15) is 4.37 Å². The zero-order chi connectivity index (χ0) is 16.5. The van der Waals surface area contributed by atoms with E-state index in [2.05, 4.69) is 9.69 Å². The van der Waals surface area contributed by atoms with Gasteiger partial charge in [0, 0.05) is 16.0 Å². The topological polar surface area (TPSA) is 24.9 Å². The number of aromatic nitrogens is 1. The summed E-state index contributed by atoms with van der Waals surface area (Å²) in [7, 11) is 0.